The smallest absolute Gasteiger partial charge is 0.184 e. The lowest BCUT2D eigenvalue weighted by atomic mass is 10.2. The van der Waals surface area contributed by atoms with Gasteiger partial charge in [0, 0.05) is 30.7 Å². The Kier molecular flexibility index (Phi) is 3.41. The molecule has 0 saturated carbocycles. The molecule has 2 aliphatic rings. The van der Waals surface area contributed by atoms with Crippen LogP contribution in [0.2, 0.25) is 5.02 Å². The average molecular weight is 289 g/mol. The zero-order valence-corrected chi connectivity index (χ0v) is 11.3. The van der Waals surface area contributed by atoms with Crippen LogP contribution < -0.4 is 19.7 Å². The average Bonchev–Trinajstić information content (AvgIpc) is 2.37. The largest absolute Gasteiger partial charge is 0.486 e. The molecule has 1 atom stereocenters. The summed E-state index contributed by atoms with van der Waals surface area (Å²) < 4.78 is 11.3. The molecule has 0 aromatic heterocycles. The molecule has 2 aliphatic heterocycles. The van der Waals surface area contributed by atoms with Gasteiger partial charge < -0.3 is 14.4 Å². The molecule has 0 aliphatic carbocycles. The van der Waals surface area contributed by atoms with Crippen LogP contribution in [0, 0.1) is 0 Å². The van der Waals surface area contributed by atoms with E-state index in [0.29, 0.717) is 24.0 Å². The van der Waals surface area contributed by atoms with Gasteiger partial charge in [-0.2, -0.15) is 0 Å². The molecule has 1 fully saturated rings. The van der Waals surface area contributed by atoms with Crippen LogP contribution in [0.3, 0.4) is 0 Å². The molecule has 2 heterocycles. The molecule has 3 rings (SSSR count). The van der Waals surface area contributed by atoms with Crippen molar-refractivity contribution in [2.75, 3.05) is 37.7 Å². The number of halogens is 2. The Morgan fingerprint density at radius 1 is 1.28 bits per heavy atom. The second-order valence-electron chi connectivity index (χ2n) is 4.32. The zero-order valence-electron chi connectivity index (χ0n) is 9.79. The fourth-order valence-electron chi connectivity index (χ4n) is 2.26. The Bertz CT molecular complexity index is 456. The van der Waals surface area contributed by atoms with E-state index in [1.165, 1.54) is 0 Å². The van der Waals surface area contributed by atoms with Gasteiger partial charge in [0.05, 0.1) is 5.69 Å². The molecule has 0 spiro atoms. The standard InChI is InChI=1S/C12H14Cl2N2O2/c13-8-5-9(16-2-1-15-11(14)7-16)12-10(6-8)17-3-4-18-12/h5-6,11,15H,1-4,7H2. The molecule has 1 N–H and O–H groups in total. The van der Waals surface area contributed by atoms with Crippen LogP contribution in [0.5, 0.6) is 11.5 Å². The van der Waals surface area contributed by atoms with Crippen LogP contribution in [0.1, 0.15) is 0 Å². The monoisotopic (exact) mass is 288 g/mol. The maximum atomic E-state index is 6.13. The number of hydrogen-bond donors (Lipinski definition) is 1. The van der Waals surface area contributed by atoms with Gasteiger partial charge in [-0.1, -0.05) is 11.6 Å². The van der Waals surface area contributed by atoms with Crippen LogP contribution >= 0.6 is 23.2 Å². The normalized spacial score (nSPS) is 23.0. The minimum Gasteiger partial charge on any atom is -0.486 e. The van der Waals surface area contributed by atoms with E-state index in [0.717, 1.165) is 31.1 Å². The lowest BCUT2D eigenvalue weighted by molar-refractivity contribution is 0.172. The fourth-order valence-corrected chi connectivity index (χ4v) is 2.74. The predicted octanol–water partition coefficient (Wildman–Crippen LogP) is 2.09. The van der Waals surface area contributed by atoms with E-state index in [9.17, 15) is 0 Å². The number of fused-ring (bicyclic) bond motifs is 1. The molecule has 1 aromatic rings. The van der Waals surface area contributed by atoms with Gasteiger partial charge >= 0.3 is 0 Å². The second kappa shape index (κ2) is 5.03. The van der Waals surface area contributed by atoms with Crippen LogP contribution in [0.25, 0.3) is 0 Å². The van der Waals surface area contributed by atoms with Crippen LogP contribution in [-0.2, 0) is 0 Å². The van der Waals surface area contributed by atoms with Crippen molar-refractivity contribution in [1.82, 2.24) is 5.32 Å². The number of rotatable bonds is 1. The third kappa shape index (κ3) is 2.32. The number of ether oxygens (including phenoxy) is 2. The van der Waals surface area contributed by atoms with E-state index >= 15 is 0 Å². The number of nitrogens with one attached hydrogen (secondary N) is 1. The van der Waals surface area contributed by atoms with E-state index in [1.807, 2.05) is 6.07 Å². The zero-order chi connectivity index (χ0) is 12.5. The number of nitrogens with zero attached hydrogens (tertiary/aromatic N) is 1. The molecule has 1 unspecified atom stereocenters. The van der Waals surface area contributed by atoms with Gasteiger partial charge in [-0.15, -0.1) is 11.6 Å². The molecule has 0 amide bonds. The predicted molar refractivity (Wildman–Crippen MR) is 72.3 cm³/mol. The molecule has 0 radical (unpaired) electrons. The number of hydrogen-bond acceptors (Lipinski definition) is 4. The van der Waals surface area contributed by atoms with Gasteiger partial charge in [0.1, 0.15) is 18.7 Å². The van der Waals surface area contributed by atoms with Gasteiger partial charge in [0.2, 0.25) is 0 Å². The summed E-state index contributed by atoms with van der Waals surface area (Å²) in [5, 5.41) is 3.85. The minimum absolute atomic E-state index is 0.0575. The maximum Gasteiger partial charge on any atom is 0.184 e. The van der Waals surface area contributed by atoms with Crippen molar-refractivity contribution in [2.24, 2.45) is 0 Å². The van der Waals surface area contributed by atoms with Crippen molar-refractivity contribution >= 4 is 28.9 Å². The number of piperazine rings is 1. The molecule has 1 saturated heterocycles. The summed E-state index contributed by atoms with van der Waals surface area (Å²) in [6.07, 6.45) is 0. The first kappa shape index (κ1) is 12.2. The van der Waals surface area contributed by atoms with Gasteiger partial charge in [0.15, 0.2) is 11.5 Å². The van der Waals surface area contributed by atoms with E-state index < -0.39 is 0 Å². The second-order valence-corrected chi connectivity index (χ2v) is 5.28. The quantitative estimate of drug-likeness (QED) is 0.634. The van der Waals surface area contributed by atoms with Gasteiger partial charge in [-0.25, -0.2) is 0 Å². The molecule has 1 aromatic carbocycles. The van der Waals surface area contributed by atoms with E-state index in [-0.39, 0.29) is 5.50 Å². The molecule has 4 nitrogen and oxygen atoms in total. The van der Waals surface area contributed by atoms with Gasteiger partial charge in [-0.05, 0) is 6.07 Å². The first-order chi connectivity index (χ1) is 8.74. The summed E-state index contributed by atoms with van der Waals surface area (Å²) in [6.45, 7) is 3.57. The van der Waals surface area contributed by atoms with Crippen molar-refractivity contribution < 1.29 is 9.47 Å². The summed E-state index contributed by atoms with van der Waals surface area (Å²) >= 11 is 12.3. The van der Waals surface area contributed by atoms with Crippen molar-refractivity contribution in [3.8, 4) is 11.5 Å². The Hall–Kier alpha value is -0.840. The lowest BCUT2D eigenvalue weighted by Crippen LogP contribution is -2.48. The topological polar surface area (TPSA) is 33.7 Å². The van der Waals surface area contributed by atoms with Crippen molar-refractivity contribution in [1.29, 1.82) is 0 Å². The Balaban J connectivity index is 1.97. The van der Waals surface area contributed by atoms with Crippen molar-refractivity contribution in [3.63, 3.8) is 0 Å². The summed E-state index contributed by atoms with van der Waals surface area (Å²) in [7, 11) is 0. The summed E-state index contributed by atoms with van der Waals surface area (Å²) in [5.41, 5.74) is 0.905. The molecule has 18 heavy (non-hydrogen) atoms. The van der Waals surface area contributed by atoms with Gasteiger partial charge in [-0.3, -0.25) is 5.32 Å². The van der Waals surface area contributed by atoms with Crippen molar-refractivity contribution in [3.05, 3.63) is 17.2 Å². The molecule has 6 heteroatoms. The van der Waals surface area contributed by atoms with Crippen LogP contribution in [0.4, 0.5) is 5.69 Å². The highest BCUT2D eigenvalue weighted by Gasteiger charge is 2.24. The van der Waals surface area contributed by atoms with Gasteiger partial charge in [0.25, 0.3) is 0 Å². The number of anilines is 1. The first-order valence-electron chi connectivity index (χ1n) is 5.95. The SMILES string of the molecule is Clc1cc2c(c(N3CCNC(Cl)C3)c1)OCCO2. The van der Waals surface area contributed by atoms with E-state index in [4.69, 9.17) is 32.7 Å². The highest BCUT2D eigenvalue weighted by atomic mass is 35.5. The summed E-state index contributed by atoms with van der Waals surface area (Å²) in [6, 6.07) is 3.70. The van der Waals surface area contributed by atoms with Crippen molar-refractivity contribution in [2.45, 2.75) is 5.50 Å². The van der Waals surface area contributed by atoms with Crippen LogP contribution in [-0.4, -0.2) is 38.3 Å². The number of alkyl halides is 1. The summed E-state index contributed by atoms with van der Waals surface area (Å²) in [4.78, 5) is 2.17. The molecule has 98 valence electrons. The minimum atomic E-state index is -0.0575. The van der Waals surface area contributed by atoms with E-state index in [2.05, 4.69) is 10.2 Å². The highest BCUT2D eigenvalue weighted by Crippen LogP contribution is 2.42. The third-order valence-electron chi connectivity index (χ3n) is 3.06. The molecular weight excluding hydrogens is 275 g/mol. The molecular formula is C12H14Cl2N2O2. The summed E-state index contributed by atoms with van der Waals surface area (Å²) in [5.74, 6) is 1.49. The van der Waals surface area contributed by atoms with Crippen LogP contribution in [0.15, 0.2) is 12.1 Å². The number of benzene rings is 1. The lowest BCUT2D eigenvalue weighted by Gasteiger charge is -2.34. The fraction of sp³-hybridized carbons (Fsp3) is 0.500. The maximum absolute atomic E-state index is 6.13. The Morgan fingerprint density at radius 2 is 2.11 bits per heavy atom. The Labute approximate surface area is 116 Å². The van der Waals surface area contributed by atoms with E-state index in [1.54, 1.807) is 6.07 Å². The molecule has 0 bridgehead atoms. The first-order valence-corrected chi connectivity index (χ1v) is 6.77. The Morgan fingerprint density at radius 3 is 2.94 bits per heavy atom. The third-order valence-corrected chi connectivity index (χ3v) is 3.57. The highest BCUT2D eigenvalue weighted by molar-refractivity contribution is 6.31.